The Morgan fingerprint density at radius 2 is 1.77 bits per heavy atom. The molecule has 0 radical (unpaired) electrons. The molecule has 3 aromatic rings. The Hall–Kier alpha value is -3.29. The van der Waals surface area contributed by atoms with Crippen LogP contribution in [0.5, 0.6) is 0 Å². The fourth-order valence-corrected chi connectivity index (χ4v) is 6.85. The Morgan fingerprint density at radius 1 is 1.00 bits per heavy atom. The average Bonchev–Trinajstić information content (AvgIpc) is 3.37. The van der Waals surface area contributed by atoms with E-state index in [1.807, 2.05) is 41.4 Å². The third-order valence-corrected chi connectivity index (χ3v) is 9.42. The van der Waals surface area contributed by atoms with Gasteiger partial charge in [-0.15, -0.1) is 0 Å². The Kier molecular flexibility index (Phi) is 7.60. The highest BCUT2D eigenvalue weighted by Crippen LogP contribution is 2.42. The molecule has 2 fully saturated rings. The van der Waals surface area contributed by atoms with Crippen LogP contribution in [0.4, 0.5) is 4.39 Å². The van der Waals surface area contributed by atoms with Crippen LogP contribution in [-0.4, -0.2) is 52.8 Å². The molecule has 1 aliphatic carbocycles. The Bertz CT molecular complexity index is 1380. The molecule has 1 aromatic heterocycles. The molecule has 3 aliphatic rings. The first-order valence-electron chi connectivity index (χ1n) is 14.2. The fraction of sp³-hybridized carbons (Fsp3) is 0.406. The number of aromatic nitrogens is 1. The van der Waals surface area contributed by atoms with Gasteiger partial charge in [0.25, 0.3) is 11.8 Å². The van der Waals surface area contributed by atoms with Gasteiger partial charge in [0.15, 0.2) is 0 Å². The van der Waals surface area contributed by atoms with E-state index in [4.69, 9.17) is 11.6 Å². The van der Waals surface area contributed by atoms with Crippen molar-refractivity contribution in [1.82, 2.24) is 20.1 Å². The van der Waals surface area contributed by atoms with Crippen LogP contribution < -0.4 is 5.32 Å². The molecule has 40 heavy (non-hydrogen) atoms. The molecule has 2 aromatic carbocycles. The van der Waals surface area contributed by atoms with Crippen molar-refractivity contribution in [1.29, 1.82) is 0 Å². The summed E-state index contributed by atoms with van der Waals surface area (Å²) in [6.45, 7) is 4.57. The zero-order valence-electron chi connectivity index (χ0n) is 22.5. The van der Waals surface area contributed by atoms with E-state index >= 15 is 0 Å². The van der Waals surface area contributed by atoms with Crippen LogP contribution in [0.15, 0.2) is 60.8 Å². The van der Waals surface area contributed by atoms with Gasteiger partial charge in [-0.25, -0.2) is 4.39 Å². The number of carbonyl (C=O) groups is 2. The van der Waals surface area contributed by atoms with Gasteiger partial charge in [-0.3, -0.25) is 19.5 Å². The van der Waals surface area contributed by atoms with E-state index in [1.165, 1.54) is 18.2 Å². The highest BCUT2D eigenvalue weighted by Gasteiger charge is 2.39. The molecule has 1 N–H and O–H groups in total. The van der Waals surface area contributed by atoms with Gasteiger partial charge in [-0.1, -0.05) is 29.8 Å². The summed E-state index contributed by atoms with van der Waals surface area (Å²) < 4.78 is 14.3. The summed E-state index contributed by atoms with van der Waals surface area (Å²) in [4.78, 5) is 35.3. The van der Waals surface area contributed by atoms with E-state index in [0.29, 0.717) is 17.4 Å². The van der Waals surface area contributed by atoms with Gasteiger partial charge in [0.05, 0.1) is 22.3 Å². The van der Waals surface area contributed by atoms with Crippen LogP contribution in [0.2, 0.25) is 5.02 Å². The van der Waals surface area contributed by atoms with Gasteiger partial charge < -0.3 is 10.2 Å². The monoisotopic (exact) mass is 560 g/mol. The highest BCUT2D eigenvalue weighted by molar-refractivity contribution is 6.33. The number of rotatable bonds is 5. The molecule has 208 valence electrons. The lowest BCUT2D eigenvalue weighted by molar-refractivity contribution is 0.0282. The minimum absolute atomic E-state index is 0.0411. The minimum atomic E-state index is -0.645. The molecule has 1 unspecified atom stereocenters. The first-order chi connectivity index (χ1) is 19.4. The van der Waals surface area contributed by atoms with Crippen LogP contribution in [-0.2, 0) is 13.0 Å². The van der Waals surface area contributed by atoms with Gasteiger partial charge >= 0.3 is 0 Å². The zero-order chi connectivity index (χ0) is 27.7. The first kappa shape index (κ1) is 26.9. The number of carbonyl (C=O) groups excluding carboxylic acids is 2. The number of aryl methyl sites for hydroxylation is 1. The summed E-state index contributed by atoms with van der Waals surface area (Å²) in [6, 6.07) is 15.8. The summed E-state index contributed by atoms with van der Waals surface area (Å²) in [5.74, 6) is -1.14. The van der Waals surface area contributed by atoms with Gasteiger partial charge in [0, 0.05) is 31.4 Å². The van der Waals surface area contributed by atoms with E-state index in [0.717, 1.165) is 81.6 Å². The number of likely N-dealkylation sites (tertiary alicyclic amines) is 2. The van der Waals surface area contributed by atoms with Crippen LogP contribution in [0.25, 0.3) is 0 Å². The second-order valence-corrected chi connectivity index (χ2v) is 11.9. The van der Waals surface area contributed by atoms with Crippen molar-refractivity contribution in [3.05, 3.63) is 99.6 Å². The molecule has 8 heteroatoms. The van der Waals surface area contributed by atoms with Crippen LogP contribution in [0.3, 0.4) is 0 Å². The molecule has 2 amide bonds. The number of pyridine rings is 1. The third-order valence-electron chi connectivity index (χ3n) is 9.11. The fourth-order valence-electron chi connectivity index (χ4n) is 6.60. The van der Waals surface area contributed by atoms with Crippen molar-refractivity contribution < 1.29 is 14.0 Å². The van der Waals surface area contributed by atoms with Gasteiger partial charge in [-0.2, -0.15) is 0 Å². The summed E-state index contributed by atoms with van der Waals surface area (Å²) >= 11 is 6.10. The summed E-state index contributed by atoms with van der Waals surface area (Å²) in [5.41, 5.74) is 3.97. The predicted molar refractivity (Wildman–Crippen MR) is 153 cm³/mol. The lowest BCUT2D eigenvalue weighted by Crippen LogP contribution is -2.48. The first-order valence-corrected chi connectivity index (χ1v) is 14.6. The Labute approximate surface area is 239 Å². The standard InChI is InChI=1S/C32H34ClFN4O2/c33-26-5-3-6-27(34)29(26)30(39)36-28-10-9-22-7-8-23(20-25(22)28)31(40)38-18-13-32(14-19-38)11-16-37(17-12-32)21-24-4-1-2-15-35-24/h1-8,15,20,28H,9-14,16-19,21H2,(H,36,39). The second kappa shape index (κ2) is 11.3. The molecule has 0 bridgehead atoms. The predicted octanol–water partition coefficient (Wildman–Crippen LogP) is 5.81. The molecular weight excluding hydrogens is 527 g/mol. The SMILES string of the molecule is O=C(NC1CCc2ccc(C(=O)N3CCC4(CCN(Cc5ccccn5)CC4)CC3)cc21)c1c(F)cccc1Cl. The third kappa shape index (κ3) is 5.50. The van der Waals surface area contributed by atoms with Crippen molar-refractivity contribution in [2.45, 2.75) is 51.1 Å². The van der Waals surface area contributed by atoms with E-state index in [9.17, 15) is 14.0 Å². The van der Waals surface area contributed by atoms with Crippen LogP contribution in [0, 0.1) is 11.2 Å². The van der Waals surface area contributed by atoms with Crippen molar-refractivity contribution in [2.24, 2.45) is 5.41 Å². The number of hydrogen-bond acceptors (Lipinski definition) is 4. The van der Waals surface area contributed by atoms with Crippen molar-refractivity contribution in [3.63, 3.8) is 0 Å². The van der Waals surface area contributed by atoms with E-state index < -0.39 is 11.7 Å². The molecule has 0 saturated carbocycles. The smallest absolute Gasteiger partial charge is 0.256 e. The molecule has 6 nitrogen and oxygen atoms in total. The average molecular weight is 561 g/mol. The molecular formula is C32H34ClFN4O2. The van der Waals surface area contributed by atoms with E-state index in [2.05, 4.69) is 21.3 Å². The van der Waals surface area contributed by atoms with Crippen LogP contribution in [0.1, 0.15) is 75.7 Å². The lowest BCUT2D eigenvalue weighted by Gasteiger charge is -2.47. The number of halogens is 2. The number of fused-ring (bicyclic) bond motifs is 1. The number of nitrogens with one attached hydrogen (secondary N) is 1. The highest BCUT2D eigenvalue weighted by atomic mass is 35.5. The quantitative estimate of drug-likeness (QED) is 0.428. The number of hydrogen-bond donors (Lipinski definition) is 1. The molecule has 2 saturated heterocycles. The number of nitrogens with zero attached hydrogens (tertiary/aromatic N) is 3. The Morgan fingerprint density at radius 3 is 2.50 bits per heavy atom. The van der Waals surface area contributed by atoms with Crippen molar-refractivity contribution in [3.8, 4) is 0 Å². The molecule has 3 heterocycles. The minimum Gasteiger partial charge on any atom is -0.345 e. The number of benzene rings is 2. The Balaban J connectivity index is 1.06. The summed E-state index contributed by atoms with van der Waals surface area (Å²) in [7, 11) is 0. The van der Waals surface area contributed by atoms with Crippen molar-refractivity contribution >= 4 is 23.4 Å². The largest absolute Gasteiger partial charge is 0.345 e. The van der Waals surface area contributed by atoms with Crippen LogP contribution >= 0.6 is 11.6 Å². The van der Waals surface area contributed by atoms with Crippen molar-refractivity contribution in [2.75, 3.05) is 26.2 Å². The number of piperidine rings is 2. The molecule has 6 rings (SSSR count). The van der Waals surface area contributed by atoms with Gasteiger partial charge in [-0.05, 0) is 105 Å². The van der Waals surface area contributed by atoms with Gasteiger partial charge in [0.2, 0.25) is 0 Å². The van der Waals surface area contributed by atoms with Gasteiger partial charge in [0.1, 0.15) is 5.82 Å². The molecule has 1 spiro atoms. The maximum Gasteiger partial charge on any atom is 0.256 e. The van der Waals surface area contributed by atoms with E-state index in [1.54, 1.807) is 0 Å². The van der Waals surface area contributed by atoms with E-state index in [-0.39, 0.29) is 22.5 Å². The number of amides is 2. The summed E-state index contributed by atoms with van der Waals surface area (Å²) in [5, 5.41) is 3.02. The maximum absolute atomic E-state index is 14.3. The second-order valence-electron chi connectivity index (χ2n) is 11.5. The lowest BCUT2D eigenvalue weighted by atomic mass is 9.71. The topological polar surface area (TPSA) is 65.5 Å². The summed E-state index contributed by atoms with van der Waals surface area (Å²) in [6.07, 6.45) is 7.74. The zero-order valence-corrected chi connectivity index (χ0v) is 23.3. The normalized spacial score (nSPS) is 20.4. The maximum atomic E-state index is 14.3. The molecule has 2 aliphatic heterocycles. The molecule has 1 atom stereocenters.